The molecule has 2 rings (SSSR count). The zero-order valence-corrected chi connectivity index (χ0v) is 11.8. The lowest BCUT2D eigenvalue weighted by Crippen LogP contribution is -2.34. The number of hydrogen-bond acceptors (Lipinski definition) is 3. The molecule has 1 aromatic rings. The molecule has 106 valence electrons. The molecule has 0 aliphatic heterocycles. The summed E-state index contributed by atoms with van der Waals surface area (Å²) >= 11 is 0. The molecule has 1 amide bonds. The number of hydrogen-bond donors (Lipinski definition) is 1. The van der Waals surface area contributed by atoms with Crippen LogP contribution in [0.15, 0.2) is 18.2 Å². The van der Waals surface area contributed by atoms with E-state index in [9.17, 15) is 4.79 Å². The number of carbonyl (C=O) groups is 1. The standard InChI is InChI=1S/C16H20N2O2/c1-3-9-18(10-4-2)16(19)20-13-7-5-12-6-8-15(17)14(12)11-13/h1,5,7,11,15H,4,6,8-10,17H2,2H3. The fraction of sp³-hybridized carbons (Fsp3) is 0.438. The first-order chi connectivity index (χ1) is 9.65. The van der Waals surface area contributed by atoms with E-state index in [1.165, 1.54) is 10.5 Å². The van der Waals surface area contributed by atoms with Gasteiger partial charge in [0.05, 0.1) is 6.54 Å². The van der Waals surface area contributed by atoms with E-state index in [-0.39, 0.29) is 12.6 Å². The topological polar surface area (TPSA) is 55.6 Å². The fourth-order valence-corrected chi connectivity index (χ4v) is 2.46. The van der Waals surface area contributed by atoms with Crippen molar-refractivity contribution in [3.63, 3.8) is 0 Å². The van der Waals surface area contributed by atoms with E-state index in [1.54, 1.807) is 0 Å². The Bertz CT molecular complexity index is 534. The molecule has 20 heavy (non-hydrogen) atoms. The molecule has 0 fully saturated rings. The third-order valence-corrected chi connectivity index (χ3v) is 3.48. The van der Waals surface area contributed by atoms with Crippen LogP contribution in [0.4, 0.5) is 4.79 Å². The molecule has 4 nitrogen and oxygen atoms in total. The third kappa shape index (κ3) is 3.12. The molecule has 0 aromatic heterocycles. The molecule has 0 heterocycles. The molecule has 0 spiro atoms. The van der Waals surface area contributed by atoms with E-state index in [2.05, 4.69) is 5.92 Å². The van der Waals surface area contributed by atoms with E-state index in [0.717, 1.165) is 24.8 Å². The Morgan fingerprint density at radius 1 is 1.60 bits per heavy atom. The highest BCUT2D eigenvalue weighted by atomic mass is 16.6. The molecule has 4 heteroatoms. The zero-order valence-electron chi connectivity index (χ0n) is 11.8. The van der Waals surface area contributed by atoms with Gasteiger partial charge in [-0.3, -0.25) is 4.90 Å². The van der Waals surface area contributed by atoms with Crippen LogP contribution in [-0.2, 0) is 6.42 Å². The molecule has 1 aliphatic rings. The first kappa shape index (κ1) is 14.4. The Balaban J connectivity index is 2.08. The molecule has 2 N–H and O–H groups in total. The number of benzene rings is 1. The normalized spacial score (nSPS) is 16.4. The monoisotopic (exact) mass is 272 g/mol. The lowest BCUT2D eigenvalue weighted by Gasteiger charge is -2.19. The van der Waals surface area contributed by atoms with Gasteiger partial charge in [-0.25, -0.2) is 4.79 Å². The van der Waals surface area contributed by atoms with Crippen molar-refractivity contribution < 1.29 is 9.53 Å². The van der Waals surface area contributed by atoms with Gasteiger partial charge in [-0.15, -0.1) is 6.42 Å². The van der Waals surface area contributed by atoms with E-state index >= 15 is 0 Å². The number of aryl methyl sites for hydroxylation is 1. The number of terminal acetylenes is 1. The van der Waals surface area contributed by atoms with Crippen LogP contribution in [0.1, 0.15) is 36.9 Å². The van der Waals surface area contributed by atoms with Gasteiger partial charge in [0.2, 0.25) is 0 Å². The highest BCUT2D eigenvalue weighted by molar-refractivity contribution is 5.71. The largest absolute Gasteiger partial charge is 0.416 e. The average Bonchev–Trinajstić information content (AvgIpc) is 2.80. The summed E-state index contributed by atoms with van der Waals surface area (Å²) in [6.45, 7) is 2.84. The summed E-state index contributed by atoms with van der Waals surface area (Å²) < 4.78 is 5.39. The third-order valence-electron chi connectivity index (χ3n) is 3.48. The van der Waals surface area contributed by atoms with Crippen molar-refractivity contribution in [1.29, 1.82) is 0 Å². The van der Waals surface area contributed by atoms with Crippen LogP contribution in [-0.4, -0.2) is 24.1 Å². The van der Waals surface area contributed by atoms with Crippen LogP contribution in [0.25, 0.3) is 0 Å². The second-order valence-corrected chi connectivity index (χ2v) is 5.00. The Labute approximate surface area is 119 Å². The molecule has 0 saturated heterocycles. The highest BCUT2D eigenvalue weighted by Gasteiger charge is 2.21. The number of fused-ring (bicyclic) bond motifs is 1. The molecule has 0 radical (unpaired) electrons. The average molecular weight is 272 g/mol. The molecule has 1 unspecified atom stereocenters. The van der Waals surface area contributed by atoms with Gasteiger partial charge < -0.3 is 10.5 Å². The molecule has 0 bridgehead atoms. The highest BCUT2D eigenvalue weighted by Crippen LogP contribution is 2.32. The van der Waals surface area contributed by atoms with Gasteiger partial charge in [0, 0.05) is 12.6 Å². The molecule has 1 aliphatic carbocycles. The van der Waals surface area contributed by atoms with Gasteiger partial charge in [-0.05, 0) is 42.5 Å². The van der Waals surface area contributed by atoms with Crippen LogP contribution < -0.4 is 10.5 Å². The zero-order chi connectivity index (χ0) is 14.5. The van der Waals surface area contributed by atoms with Crippen LogP contribution in [0.3, 0.4) is 0 Å². The summed E-state index contributed by atoms with van der Waals surface area (Å²) in [5, 5.41) is 0. The molecule has 1 atom stereocenters. The Morgan fingerprint density at radius 2 is 2.40 bits per heavy atom. The van der Waals surface area contributed by atoms with Crippen molar-refractivity contribution in [1.82, 2.24) is 4.90 Å². The van der Waals surface area contributed by atoms with Crippen molar-refractivity contribution in [2.45, 2.75) is 32.2 Å². The number of nitrogens with zero attached hydrogens (tertiary/aromatic N) is 1. The fourth-order valence-electron chi connectivity index (χ4n) is 2.46. The van der Waals surface area contributed by atoms with Crippen molar-refractivity contribution in [3.05, 3.63) is 29.3 Å². The Morgan fingerprint density at radius 3 is 3.10 bits per heavy atom. The number of rotatable bonds is 4. The van der Waals surface area contributed by atoms with Gasteiger partial charge in [-0.2, -0.15) is 0 Å². The quantitative estimate of drug-likeness (QED) is 0.857. The van der Waals surface area contributed by atoms with Gasteiger partial charge in [0.25, 0.3) is 0 Å². The predicted octanol–water partition coefficient (Wildman–Crippen LogP) is 2.48. The van der Waals surface area contributed by atoms with E-state index in [1.807, 2.05) is 25.1 Å². The summed E-state index contributed by atoms with van der Waals surface area (Å²) in [7, 11) is 0. The van der Waals surface area contributed by atoms with Gasteiger partial charge in [0.15, 0.2) is 0 Å². The summed E-state index contributed by atoms with van der Waals surface area (Å²) in [5.41, 5.74) is 8.34. The van der Waals surface area contributed by atoms with Crippen LogP contribution in [0.5, 0.6) is 5.75 Å². The van der Waals surface area contributed by atoms with Crippen molar-refractivity contribution in [3.8, 4) is 18.1 Å². The molecule has 1 aromatic carbocycles. The lowest BCUT2D eigenvalue weighted by atomic mass is 10.1. The van der Waals surface area contributed by atoms with Gasteiger partial charge in [0.1, 0.15) is 5.75 Å². The molecule has 0 saturated carbocycles. The first-order valence-electron chi connectivity index (χ1n) is 6.94. The van der Waals surface area contributed by atoms with E-state index < -0.39 is 6.09 Å². The number of carbonyl (C=O) groups excluding carboxylic acids is 1. The van der Waals surface area contributed by atoms with E-state index in [0.29, 0.717) is 12.3 Å². The molecular weight excluding hydrogens is 252 g/mol. The van der Waals surface area contributed by atoms with Crippen molar-refractivity contribution in [2.75, 3.05) is 13.1 Å². The van der Waals surface area contributed by atoms with E-state index in [4.69, 9.17) is 16.9 Å². The first-order valence-corrected chi connectivity index (χ1v) is 6.94. The smallest absolute Gasteiger partial charge is 0.410 e. The second kappa shape index (κ2) is 6.44. The summed E-state index contributed by atoms with van der Waals surface area (Å²) in [6.07, 6.45) is 7.64. The summed E-state index contributed by atoms with van der Waals surface area (Å²) in [5.74, 6) is 3.00. The van der Waals surface area contributed by atoms with Crippen molar-refractivity contribution >= 4 is 6.09 Å². The van der Waals surface area contributed by atoms with Crippen LogP contribution in [0, 0.1) is 12.3 Å². The van der Waals surface area contributed by atoms with Gasteiger partial charge in [-0.1, -0.05) is 18.9 Å². The minimum Gasteiger partial charge on any atom is -0.410 e. The minimum atomic E-state index is -0.406. The summed E-state index contributed by atoms with van der Waals surface area (Å²) in [6, 6.07) is 5.71. The predicted molar refractivity (Wildman–Crippen MR) is 78.4 cm³/mol. The minimum absolute atomic E-state index is 0.0427. The van der Waals surface area contributed by atoms with Crippen LogP contribution >= 0.6 is 0 Å². The Kier molecular flexibility index (Phi) is 4.65. The summed E-state index contributed by atoms with van der Waals surface area (Å²) in [4.78, 5) is 13.6. The van der Waals surface area contributed by atoms with Crippen LogP contribution in [0.2, 0.25) is 0 Å². The number of amides is 1. The number of nitrogens with two attached hydrogens (primary N) is 1. The van der Waals surface area contributed by atoms with Gasteiger partial charge >= 0.3 is 6.09 Å². The second-order valence-electron chi connectivity index (χ2n) is 5.00. The molecular formula is C16H20N2O2. The maximum absolute atomic E-state index is 12.1. The SMILES string of the molecule is C#CCN(CCC)C(=O)Oc1ccc2c(c1)C(N)CC2. The number of ether oxygens (including phenoxy) is 1. The lowest BCUT2D eigenvalue weighted by molar-refractivity contribution is 0.158. The Hall–Kier alpha value is -1.99. The van der Waals surface area contributed by atoms with Crippen molar-refractivity contribution in [2.24, 2.45) is 5.73 Å². The maximum atomic E-state index is 12.1. The maximum Gasteiger partial charge on any atom is 0.416 e.